The molecule has 0 bridgehead atoms. The zero-order valence-corrected chi connectivity index (χ0v) is 9.21. The van der Waals surface area contributed by atoms with Crippen LogP contribution in [0.25, 0.3) is 0 Å². The highest BCUT2D eigenvalue weighted by Gasteiger charge is 2.18. The number of nitrogens with one attached hydrogen (secondary N) is 1. The minimum absolute atomic E-state index is 0.189. The smallest absolute Gasteiger partial charge is 0.278 e. The molecule has 2 heterocycles. The van der Waals surface area contributed by atoms with Gasteiger partial charge < -0.3 is 4.74 Å². The standard InChI is InChI=1S/C9H11BrN2O2/c10-7-4-8(11-12-9(7)13)6-2-1-3-14-5-6/h4,6H,1-3,5H2,(H,12,13). The Morgan fingerprint density at radius 2 is 2.50 bits per heavy atom. The number of hydrogen-bond acceptors (Lipinski definition) is 3. The summed E-state index contributed by atoms with van der Waals surface area (Å²) in [5, 5.41) is 6.47. The molecule has 1 N–H and O–H groups in total. The maximum absolute atomic E-state index is 11.1. The van der Waals surface area contributed by atoms with Crippen molar-refractivity contribution in [1.29, 1.82) is 0 Å². The van der Waals surface area contributed by atoms with Gasteiger partial charge in [0, 0.05) is 12.5 Å². The van der Waals surface area contributed by atoms with Crippen molar-refractivity contribution in [3.05, 3.63) is 26.6 Å². The molecule has 0 amide bonds. The number of halogens is 1. The van der Waals surface area contributed by atoms with Gasteiger partial charge in [-0.05, 0) is 34.8 Å². The van der Waals surface area contributed by atoms with Crippen LogP contribution < -0.4 is 5.56 Å². The van der Waals surface area contributed by atoms with Crippen LogP contribution in [0, 0.1) is 0 Å². The van der Waals surface area contributed by atoms with Crippen molar-refractivity contribution in [3.8, 4) is 0 Å². The molecule has 1 aliphatic rings. The van der Waals surface area contributed by atoms with E-state index in [0.717, 1.165) is 25.1 Å². The third-order valence-corrected chi connectivity index (χ3v) is 2.95. The molecule has 1 aromatic rings. The molecule has 1 fully saturated rings. The molecule has 0 radical (unpaired) electrons. The minimum atomic E-state index is -0.189. The minimum Gasteiger partial charge on any atom is -0.381 e. The van der Waals surface area contributed by atoms with Gasteiger partial charge in [-0.25, -0.2) is 5.10 Å². The van der Waals surface area contributed by atoms with E-state index in [1.54, 1.807) is 6.07 Å². The van der Waals surface area contributed by atoms with Crippen LogP contribution in [0.3, 0.4) is 0 Å². The van der Waals surface area contributed by atoms with Crippen LogP contribution in [0.1, 0.15) is 24.5 Å². The molecule has 1 aromatic heterocycles. The summed E-state index contributed by atoms with van der Waals surface area (Å²) in [7, 11) is 0. The normalized spacial score (nSPS) is 22.2. The summed E-state index contributed by atoms with van der Waals surface area (Å²) >= 11 is 3.19. The van der Waals surface area contributed by atoms with Crippen LogP contribution in [0.4, 0.5) is 0 Å². The monoisotopic (exact) mass is 258 g/mol. The first-order chi connectivity index (χ1) is 6.77. The van der Waals surface area contributed by atoms with E-state index in [2.05, 4.69) is 26.1 Å². The Labute approximate surface area is 89.8 Å². The number of hydrogen-bond donors (Lipinski definition) is 1. The molecule has 1 atom stereocenters. The number of ether oxygens (including phenoxy) is 1. The van der Waals surface area contributed by atoms with Crippen molar-refractivity contribution in [2.75, 3.05) is 13.2 Å². The molecule has 14 heavy (non-hydrogen) atoms. The average Bonchev–Trinajstić information content (AvgIpc) is 2.23. The summed E-state index contributed by atoms with van der Waals surface area (Å²) in [4.78, 5) is 11.1. The van der Waals surface area contributed by atoms with Gasteiger partial charge in [0.05, 0.1) is 16.8 Å². The van der Waals surface area contributed by atoms with Crippen molar-refractivity contribution in [2.45, 2.75) is 18.8 Å². The molecule has 1 unspecified atom stereocenters. The third-order valence-electron chi connectivity index (χ3n) is 2.36. The predicted molar refractivity (Wildman–Crippen MR) is 55.4 cm³/mol. The number of rotatable bonds is 1. The van der Waals surface area contributed by atoms with Gasteiger partial charge in [0.1, 0.15) is 0 Å². The molecule has 0 spiro atoms. The zero-order chi connectivity index (χ0) is 9.97. The largest absolute Gasteiger partial charge is 0.381 e. The lowest BCUT2D eigenvalue weighted by molar-refractivity contribution is 0.0790. The molecule has 5 heteroatoms. The van der Waals surface area contributed by atoms with E-state index in [0.29, 0.717) is 17.0 Å². The van der Waals surface area contributed by atoms with Gasteiger partial charge in [0.2, 0.25) is 0 Å². The fourth-order valence-corrected chi connectivity index (χ4v) is 1.90. The summed E-state index contributed by atoms with van der Waals surface area (Å²) in [5.74, 6) is 0.317. The van der Waals surface area contributed by atoms with Gasteiger partial charge in [-0.1, -0.05) is 0 Å². The summed E-state index contributed by atoms with van der Waals surface area (Å²) in [5.41, 5.74) is 0.710. The van der Waals surface area contributed by atoms with E-state index in [-0.39, 0.29) is 5.56 Å². The lowest BCUT2D eigenvalue weighted by Gasteiger charge is -2.20. The van der Waals surface area contributed by atoms with Crippen LogP contribution >= 0.6 is 15.9 Å². The van der Waals surface area contributed by atoms with Crippen LogP contribution in [0.5, 0.6) is 0 Å². The Balaban J connectivity index is 2.22. The van der Waals surface area contributed by atoms with Crippen molar-refractivity contribution < 1.29 is 4.74 Å². The Morgan fingerprint density at radius 1 is 1.64 bits per heavy atom. The first-order valence-corrected chi connectivity index (χ1v) is 5.39. The maximum atomic E-state index is 11.1. The van der Waals surface area contributed by atoms with Crippen LogP contribution in [0.2, 0.25) is 0 Å². The van der Waals surface area contributed by atoms with E-state index in [9.17, 15) is 4.79 Å². The summed E-state index contributed by atoms with van der Waals surface area (Å²) < 4.78 is 5.89. The molecule has 4 nitrogen and oxygen atoms in total. The Morgan fingerprint density at radius 3 is 3.14 bits per heavy atom. The zero-order valence-electron chi connectivity index (χ0n) is 7.62. The topological polar surface area (TPSA) is 55.0 Å². The highest BCUT2D eigenvalue weighted by molar-refractivity contribution is 9.10. The third kappa shape index (κ3) is 2.04. The summed E-state index contributed by atoms with van der Waals surface area (Å²) in [6, 6.07) is 1.78. The highest BCUT2D eigenvalue weighted by Crippen LogP contribution is 2.23. The lowest BCUT2D eigenvalue weighted by Crippen LogP contribution is -2.19. The van der Waals surface area contributed by atoms with E-state index in [4.69, 9.17) is 4.74 Å². The second-order valence-electron chi connectivity index (χ2n) is 3.38. The van der Waals surface area contributed by atoms with E-state index < -0.39 is 0 Å². The van der Waals surface area contributed by atoms with Crippen molar-refractivity contribution >= 4 is 15.9 Å². The fourth-order valence-electron chi connectivity index (χ4n) is 1.58. The van der Waals surface area contributed by atoms with Gasteiger partial charge in [0.15, 0.2) is 0 Å². The number of aromatic nitrogens is 2. The first kappa shape index (κ1) is 9.86. The van der Waals surface area contributed by atoms with Gasteiger partial charge in [-0.2, -0.15) is 5.10 Å². The average molecular weight is 259 g/mol. The van der Waals surface area contributed by atoms with Gasteiger partial charge in [-0.15, -0.1) is 0 Å². The van der Waals surface area contributed by atoms with E-state index in [1.807, 2.05) is 0 Å². The molecule has 1 aliphatic heterocycles. The van der Waals surface area contributed by atoms with Crippen LogP contribution in [0.15, 0.2) is 15.3 Å². The molecular formula is C9H11BrN2O2. The predicted octanol–water partition coefficient (Wildman–Crippen LogP) is 1.43. The maximum Gasteiger partial charge on any atom is 0.278 e. The molecule has 2 rings (SSSR count). The molecule has 0 aromatic carbocycles. The second kappa shape index (κ2) is 4.23. The molecule has 1 saturated heterocycles. The number of aromatic amines is 1. The Kier molecular flexibility index (Phi) is 2.98. The Hall–Kier alpha value is -0.680. The van der Waals surface area contributed by atoms with E-state index >= 15 is 0 Å². The SMILES string of the molecule is O=c1[nH]nc(C2CCCOC2)cc1Br. The second-order valence-corrected chi connectivity index (χ2v) is 4.24. The molecule has 76 valence electrons. The first-order valence-electron chi connectivity index (χ1n) is 4.60. The Bertz CT molecular complexity index is 371. The highest BCUT2D eigenvalue weighted by atomic mass is 79.9. The van der Waals surface area contributed by atoms with Gasteiger partial charge in [-0.3, -0.25) is 4.79 Å². The van der Waals surface area contributed by atoms with Crippen LogP contribution in [-0.4, -0.2) is 23.4 Å². The fraction of sp³-hybridized carbons (Fsp3) is 0.556. The molecular weight excluding hydrogens is 248 g/mol. The van der Waals surface area contributed by atoms with Crippen molar-refractivity contribution in [1.82, 2.24) is 10.2 Å². The van der Waals surface area contributed by atoms with Crippen LogP contribution in [-0.2, 0) is 4.74 Å². The molecule has 0 aliphatic carbocycles. The van der Waals surface area contributed by atoms with Crippen molar-refractivity contribution in [2.24, 2.45) is 0 Å². The van der Waals surface area contributed by atoms with E-state index in [1.165, 1.54) is 0 Å². The number of nitrogens with zero attached hydrogens (tertiary/aromatic N) is 1. The summed E-state index contributed by atoms with van der Waals surface area (Å²) in [6.07, 6.45) is 2.13. The number of H-pyrrole nitrogens is 1. The quantitative estimate of drug-likeness (QED) is 0.829. The lowest BCUT2D eigenvalue weighted by atomic mass is 9.98. The summed E-state index contributed by atoms with van der Waals surface area (Å²) in [6.45, 7) is 1.53. The van der Waals surface area contributed by atoms with Gasteiger partial charge >= 0.3 is 0 Å². The molecule has 0 saturated carbocycles. The van der Waals surface area contributed by atoms with Gasteiger partial charge in [0.25, 0.3) is 5.56 Å². The van der Waals surface area contributed by atoms with Crippen molar-refractivity contribution in [3.63, 3.8) is 0 Å².